The van der Waals surface area contributed by atoms with Gasteiger partial charge in [0, 0.05) is 19.2 Å². The fraction of sp³-hybridized carbons (Fsp3) is 0.533. The van der Waals surface area contributed by atoms with Crippen molar-refractivity contribution in [2.45, 2.75) is 25.9 Å². The van der Waals surface area contributed by atoms with E-state index in [0.29, 0.717) is 25.2 Å². The normalized spacial score (nSPS) is 19.1. The van der Waals surface area contributed by atoms with Crippen LogP contribution in [0.15, 0.2) is 18.3 Å². The lowest BCUT2D eigenvalue weighted by molar-refractivity contribution is -0.127. The third-order valence-electron chi connectivity index (χ3n) is 4.16. The zero-order valence-corrected chi connectivity index (χ0v) is 12.1. The molecule has 1 fully saturated rings. The van der Waals surface area contributed by atoms with Crippen LogP contribution in [0.3, 0.4) is 0 Å². The van der Waals surface area contributed by atoms with Crippen molar-refractivity contribution >= 4 is 12.2 Å². The molecule has 2 aliphatic heterocycles. The van der Waals surface area contributed by atoms with Gasteiger partial charge in [0.1, 0.15) is 0 Å². The van der Waals surface area contributed by atoms with Gasteiger partial charge in [0.05, 0.1) is 30.5 Å². The molecule has 1 saturated heterocycles. The van der Waals surface area contributed by atoms with E-state index in [0.717, 1.165) is 31.6 Å². The summed E-state index contributed by atoms with van der Waals surface area (Å²) < 4.78 is 1.81. The number of carbonyl (C=O) groups is 2. The number of aromatic nitrogens is 2. The van der Waals surface area contributed by atoms with Gasteiger partial charge in [-0.25, -0.2) is 0 Å². The summed E-state index contributed by atoms with van der Waals surface area (Å²) in [5, 5.41) is 4.16. The summed E-state index contributed by atoms with van der Waals surface area (Å²) in [4.78, 5) is 27.3. The topological polar surface area (TPSA) is 58.4 Å². The Labute approximate surface area is 124 Å². The Morgan fingerprint density at radius 2 is 2.05 bits per heavy atom. The maximum atomic E-state index is 12.2. The first-order valence-electron chi connectivity index (χ1n) is 7.45. The molecule has 0 N–H and O–H groups in total. The Bertz CT molecular complexity index is 558. The number of amides is 1. The molecule has 0 saturated carbocycles. The van der Waals surface area contributed by atoms with Crippen LogP contribution in [0.25, 0.3) is 0 Å². The van der Waals surface area contributed by atoms with Crippen molar-refractivity contribution in [1.29, 1.82) is 0 Å². The van der Waals surface area contributed by atoms with Crippen molar-refractivity contribution < 1.29 is 9.59 Å². The van der Waals surface area contributed by atoms with Crippen LogP contribution in [0.1, 0.15) is 28.9 Å². The summed E-state index contributed by atoms with van der Waals surface area (Å²) in [6.07, 6.45) is 8.49. The van der Waals surface area contributed by atoms with Crippen LogP contribution in [0.2, 0.25) is 0 Å². The molecule has 0 radical (unpaired) electrons. The van der Waals surface area contributed by atoms with Crippen LogP contribution in [0.5, 0.6) is 0 Å². The van der Waals surface area contributed by atoms with Crippen LogP contribution < -0.4 is 0 Å². The lowest BCUT2D eigenvalue weighted by Gasteiger charge is -2.27. The fourth-order valence-electron chi connectivity index (χ4n) is 2.93. The van der Waals surface area contributed by atoms with Crippen molar-refractivity contribution in [2.75, 3.05) is 26.2 Å². The molecular formula is C15H20N4O2. The SMILES string of the molecule is O=Cc1cnn2c1CN(C(=O)/C=C/CN1CCCC1)CC2. The minimum absolute atomic E-state index is 0.0125. The average Bonchev–Trinajstić information content (AvgIpc) is 3.15. The Kier molecular flexibility index (Phi) is 4.15. The summed E-state index contributed by atoms with van der Waals surface area (Å²) in [5.41, 5.74) is 1.41. The van der Waals surface area contributed by atoms with Crippen LogP contribution >= 0.6 is 0 Å². The van der Waals surface area contributed by atoms with Crippen LogP contribution in [-0.4, -0.2) is 58.0 Å². The molecule has 3 heterocycles. The highest BCUT2D eigenvalue weighted by atomic mass is 16.2. The van der Waals surface area contributed by atoms with Gasteiger partial charge in [-0.2, -0.15) is 5.10 Å². The highest BCUT2D eigenvalue weighted by Crippen LogP contribution is 2.15. The zero-order valence-electron chi connectivity index (χ0n) is 12.1. The monoisotopic (exact) mass is 288 g/mol. The van der Waals surface area contributed by atoms with E-state index >= 15 is 0 Å². The lowest BCUT2D eigenvalue weighted by atomic mass is 10.2. The summed E-state index contributed by atoms with van der Waals surface area (Å²) in [6.45, 7) is 4.85. The standard InChI is InChI=1S/C15H20N4O2/c20-12-13-10-16-19-9-8-18(11-14(13)19)15(21)4-3-7-17-5-1-2-6-17/h3-4,10,12H,1-2,5-9,11H2/b4-3+. The molecule has 1 aromatic heterocycles. The molecule has 6 heteroatoms. The summed E-state index contributed by atoms with van der Waals surface area (Å²) in [7, 11) is 0. The van der Waals surface area contributed by atoms with Gasteiger partial charge in [-0.05, 0) is 25.9 Å². The Morgan fingerprint density at radius 1 is 1.24 bits per heavy atom. The van der Waals surface area contributed by atoms with E-state index in [-0.39, 0.29) is 5.91 Å². The van der Waals surface area contributed by atoms with Gasteiger partial charge in [0.15, 0.2) is 6.29 Å². The van der Waals surface area contributed by atoms with Crippen LogP contribution in [0, 0.1) is 0 Å². The Morgan fingerprint density at radius 3 is 2.81 bits per heavy atom. The van der Waals surface area contributed by atoms with Crippen molar-refractivity contribution in [3.8, 4) is 0 Å². The first-order chi connectivity index (χ1) is 10.3. The van der Waals surface area contributed by atoms with Gasteiger partial charge < -0.3 is 4.90 Å². The van der Waals surface area contributed by atoms with E-state index in [2.05, 4.69) is 10.00 Å². The van der Waals surface area contributed by atoms with Crippen molar-refractivity contribution in [1.82, 2.24) is 19.6 Å². The molecular weight excluding hydrogens is 268 g/mol. The molecule has 2 aliphatic rings. The van der Waals surface area contributed by atoms with Gasteiger partial charge in [-0.15, -0.1) is 0 Å². The minimum Gasteiger partial charge on any atom is -0.331 e. The van der Waals surface area contributed by atoms with E-state index in [9.17, 15) is 9.59 Å². The Hall–Kier alpha value is -1.95. The molecule has 0 atom stereocenters. The first-order valence-corrected chi connectivity index (χ1v) is 7.45. The van der Waals surface area contributed by atoms with Crippen molar-refractivity contribution in [2.24, 2.45) is 0 Å². The van der Waals surface area contributed by atoms with E-state index in [1.807, 2.05) is 10.8 Å². The summed E-state index contributed by atoms with van der Waals surface area (Å²) in [6, 6.07) is 0. The summed E-state index contributed by atoms with van der Waals surface area (Å²) >= 11 is 0. The van der Waals surface area contributed by atoms with Crippen molar-refractivity contribution in [3.63, 3.8) is 0 Å². The molecule has 6 nitrogen and oxygen atoms in total. The van der Waals surface area contributed by atoms with E-state index in [1.54, 1.807) is 17.2 Å². The van der Waals surface area contributed by atoms with Gasteiger partial charge in [0.25, 0.3) is 0 Å². The van der Waals surface area contributed by atoms with E-state index in [4.69, 9.17) is 0 Å². The summed E-state index contributed by atoms with van der Waals surface area (Å²) in [5.74, 6) is 0.0125. The molecule has 0 unspecified atom stereocenters. The first kappa shape index (κ1) is 14.0. The van der Waals surface area contributed by atoms with E-state index in [1.165, 1.54) is 12.8 Å². The largest absolute Gasteiger partial charge is 0.331 e. The minimum atomic E-state index is 0.0125. The quantitative estimate of drug-likeness (QED) is 0.604. The smallest absolute Gasteiger partial charge is 0.246 e. The molecule has 3 rings (SSSR count). The molecule has 21 heavy (non-hydrogen) atoms. The molecule has 1 amide bonds. The number of hydrogen-bond donors (Lipinski definition) is 0. The van der Waals surface area contributed by atoms with Crippen LogP contribution in [-0.2, 0) is 17.9 Å². The van der Waals surface area contributed by atoms with Gasteiger partial charge in [0.2, 0.25) is 5.91 Å². The fourth-order valence-corrected chi connectivity index (χ4v) is 2.93. The molecule has 0 aliphatic carbocycles. The number of likely N-dealkylation sites (tertiary alicyclic amines) is 1. The van der Waals surface area contributed by atoms with E-state index < -0.39 is 0 Å². The number of nitrogens with zero attached hydrogens (tertiary/aromatic N) is 4. The maximum absolute atomic E-state index is 12.2. The molecule has 0 bridgehead atoms. The van der Waals surface area contributed by atoms with Gasteiger partial charge >= 0.3 is 0 Å². The molecule has 1 aromatic rings. The zero-order chi connectivity index (χ0) is 14.7. The molecule has 0 spiro atoms. The third-order valence-corrected chi connectivity index (χ3v) is 4.16. The van der Waals surface area contributed by atoms with Gasteiger partial charge in [-0.3, -0.25) is 19.2 Å². The molecule has 112 valence electrons. The number of aldehydes is 1. The second-order valence-corrected chi connectivity index (χ2v) is 5.56. The average molecular weight is 288 g/mol. The third kappa shape index (κ3) is 3.05. The highest BCUT2D eigenvalue weighted by molar-refractivity contribution is 5.88. The second kappa shape index (κ2) is 6.22. The predicted octanol–water partition coefficient (Wildman–Crippen LogP) is 0.690. The maximum Gasteiger partial charge on any atom is 0.246 e. The lowest BCUT2D eigenvalue weighted by Crippen LogP contribution is -2.38. The molecule has 0 aromatic carbocycles. The number of rotatable bonds is 4. The predicted molar refractivity (Wildman–Crippen MR) is 77.8 cm³/mol. The Balaban J connectivity index is 1.58. The number of fused-ring (bicyclic) bond motifs is 1. The van der Waals surface area contributed by atoms with Gasteiger partial charge in [-0.1, -0.05) is 6.08 Å². The number of hydrogen-bond acceptors (Lipinski definition) is 4. The highest BCUT2D eigenvalue weighted by Gasteiger charge is 2.22. The second-order valence-electron chi connectivity index (χ2n) is 5.56. The van der Waals surface area contributed by atoms with Crippen molar-refractivity contribution in [3.05, 3.63) is 29.6 Å². The van der Waals surface area contributed by atoms with Crippen LogP contribution in [0.4, 0.5) is 0 Å². The number of carbonyl (C=O) groups excluding carboxylic acids is 2.